The Labute approximate surface area is 188 Å². The molecule has 2 heterocycles. The van der Waals surface area contributed by atoms with Crippen molar-refractivity contribution in [3.05, 3.63) is 88.9 Å². The zero-order chi connectivity index (χ0) is 20.3. The first-order chi connectivity index (χ1) is 14.7. The molecule has 3 aromatic rings. The Morgan fingerprint density at radius 2 is 1.63 bits per heavy atom. The van der Waals surface area contributed by atoms with E-state index in [0.717, 1.165) is 30.6 Å². The van der Waals surface area contributed by atoms with Crippen LogP contribution in [0.15, 0.2) is 82.6 Å². The number of halogens is 1. The number of hydrogen-bond donors (Lipinski definition) is 0. The molecule has 0 radical (unpaired) electrons. The molecule has 2 aliphatic heterocycles. The van der Waals surface area contributed by atoms with Crippen LogP contribution in [0.4, 0.5) is 5.69 Å². The van der Waals surface area contributed by atoms with Crippen LogP contribution < -0.4 is 4.90 Å². The van der Waals surface area contributed by atoms with Gasteiger partial charge in [-0.3, -0.25) is 4.90 Å². The number of hydrogen-bond acceptors (Lipinski definition) is 3. The monoisotopic (exact) mass is 434 g/mol. The molecule has 1 saturated heterocycles. The van der Waals surface area contributed by atoms with E-state index in [-0.39, 0.29) is 0 Å². The second kappa shape index (κ2) is 9.05. The van der Waals surface area contributed by atoms with Gasteiger partial charge in [-0.1, -0.05) is 71.9 Å². The van der Waals surface area contributed by atoms with Gasteiger partial charge in [0.25, 0.3) is 0 Å². The highest BCUT2D eigenvalue weighted by atomic mass is 35.5. The topological polar surface area (TPSA) is 6.48 Å². The van der Waals surface area contributed by atoms with Crippen LogP contribution >= 0.6 is 23.4 Å². The molecule has 0 bridgehead atoms. The number of likely N-dealkylation sites (tertiary alicyclic amines) is 1. The molecule has 1 fully saturated rings. The van der Waals surface area contributed by atoms with E-state index in [0.29, 0.717) is 0 Å². The summed E-state index contributed by atoms with van der Waals surface area (Å²) in [6.07, 6.45) is 2.52. The lowest BCUT2D eigenvalue weighted by Gasteiger charge is -2.36. The standard InChI is InChI=1S/C26H27ClN2S/c27-23-10-11-26-24(16-23)29(19-22-8-4-5-9-25(22)30-26)18-21-12-14-28(15-13-21)17-20-6-2-1-3-7-20/h1-11,16,21H,12-15,17-19H2. The number of rotatable bonds is 4. The van der Waals surface area contributed by atoms with Crippen molar-refractivity contribution in [2.24, 2.45) is 5.92 Å². The van der Waals surface area contributed by atoms with Crippen molar-refractivity contribution in [1.82, 2.24) is 4.90 Å². The summed E-state index contributed by atoms with van der Waals surface area (Å²) in [6, 6.07) is 26.0. The maximum absolute atomic E-state index is 6.40. The van der Waals surface area contributed by atoms with E-state index in [1.165, 1.54) is 52.5 Å². The lowest BCUT2D eigenvalue weighted by atomic mass is 9.95. The molecule has 0 saturated carbocycles. The maximum atomic E-state index is 6.40. The van der Waals surface area contributed by atoms with Gasteiger partial charge in [0, 0.05) is 34.4 Å². The quantitative estimate of drug-likeness (QED) is 0.449. The third-order valence-electron chi connectivity index (χ3n) is 6.25. The summed E-state index contributed by atoms with van der Waals surface area (Å²) in [5.74, 6) is 0.721. The second-order valence-corrected chi connectivity index (χ2v) is 9.93. The van der Waals surface area contributed by atoms with Gasteiger partial charge in [0.2, 0.25) is 0 Å². The van der Waals surface area contributed by atoms with E-state index < -0.39 is 0 Å². The third-order valence-corrected chi connectivity index (χ3v) is 7.67. The van der Waals surface area contributed by atoms with Crippen LogP contribution in [-0.4, -0.2) is 24.5 Å². The van der Waals surface area contributed by atoms with Crippen molar-refractivity contribution in [3.63, 3.8) is 0 Å². The molecule has 0 N–H and O–H groups in total. The molecule has 0 aliphatic carbocycles. The number of anilines is 1. The molecule has 4 heteroatoms. The highest BCUT2D eigenvalue weighted by molar-refractivity contribution is 7.99. The van der Waals surface area contributed by atoms with E-state index in [9.17, 15) is 0 Å². The largest absolute Gasteiger partial charge is 0.366 e. The minimum Gasteiger partial charge on any atom is -0.366 e. The van der Waals surface area contributed by atoms with Gasteiger partial charge in [-0.25, -0.2) is 0 Å². The van der Waals surface area contributed by atoms with Gasteiger partial charge in [0.15, 0.2) is 0 Å². The third kappa shape index (κ3) is 4.54. The summed E-state index contributed by atoms with van der Waals surface area (Å²) < 4.78 is 0. The van der Waals surface area contributed by atoms with Gasteiger partial charge in [0.05, 0.1) is 5.69 Å². The van der Waals surface area contributed by atoms with Crippen LogP contribution in [0.3, 0.4) is 0 Å². The van der Waals surface area contributed by atoms with Crippen molar-refractivity contribution in [1.29, 1.82) is 0 Å². The molecule has 0 amide bonds. The van der Waals surface area contributed by atoms with Crippen LogP contribution in [0.5, 0.6) is 0 Å². The summed E-state index contributed by atoms with van der Waals surface area (Å²) in [7, 11) is 0. The van der Waals surface area contributed by atoms with E-state index in [1.54, 1.807) is 0 Å². The fraction of sp³-hybridized carbons (Fsp3) is 0.308. The molecule has 0 unspecified atom stereocenters. The van der Waals surface area contributed by atoms with E-state index in [1.807, 2.05) is 17.8 Å². The van der Waals surface area contributed by atoms with Gasteiger partial charge >= 0.3 is 0 Å². The Morgan fingerprint density at radius 1 is 0.867 bits per heavy atom. The lowest BCUT2D eigenvalue weighted by Crippen LogP contribution is -2.38. The first-order valence-corrected chi connectivity index (χ1v) is 12.0. The number of fused-ring (bicyclic) bond motifs is 2. The van der Waals surface area contributed by atoms with Crippen LogP contribution in [-0.2, 0) is 13.1 Å². The SMILES string of the molecule is Clc1ccc2c(c1)N(CC1CCN(Cc3ccccc3)CC1)Cc1ccccc1S2. The Kier molecular flexibility index (Phi) is 6.03. The van der Waals surface area contributed by atoms with Crippen LogP contribution in [0.25, 0.3) is 0 Å². The van der Waals surface area contributed by atoms with Gasteiger partial charge in [0.1, 0.15) is 0 Å². The average Bonchev–Trinajstić information content (AvgIpc) is 2.92. The molecule has 2 nitrogen and oxygen atoms in total. The fourth-order valence-corrected chi connectivity index (χ4v) is 5.85. The summed E-state index contributed by atoms with van der Waals surface area (Å²) in [6.45, 7) is 5.49. The first-order valence-electron chi connectivity index (χ1n) is 10.8. The van der Waals surface area contributed by atoms with E-state index in [4.69, 9.17) is 11.6 Å². The molecule has 3 aromatic carbocycles. The summed E-state index contributed by atoms with van der Waals surface area (Å²) >= 11 is 8.27. The summed E-state index contributed by atoms with van der Waals surface area (Å²) in [5, 5.41) is 0.822. The van der Waals surface area contributed by atoms with Gasteiger partial charge in [-0.15, -0.1) is 0 Å². The molecule has 0 atom stereocenters. The Hall–Kier alpha value is -1.94. The molecule has 0 aromatic heterocycles. The van der Waals surface area contributed by atoms with Crippen LogP contribution in [0, 0.1) is 5.92 Å². The minimum atomic E-state index is 0.721. The average molecular weight is 435 g/mol. The Bertz CT molecular complexity index is 999. The van der Waals surface area contributed by atoms with Crippen molar-refractivity contribution < 1.29 is 0 Å². The Morgan fingerprint density at radius 3 is 2.47 bits per heavy atom. The molecule has 5 rings (SSSR count). The number of nitrogens with zero attached hydrogens (tertiary/aromatic N) is 2. The van der Waals surface area contributed by atoms with Gasteiger partial charge in [-0.2, -0.15) is 0 Å². The fourth-order valence-electron chi connectivity index (χ4n) is 4.61. The normalized spacial score (nSPS) is 17.3. The van der Waals surface area contributed by atoms with E-state index in [2.05, 4.69) is 76.5 Å². The zero-order valence-electron chi connectivity index (χ0n) is 17.1. The zero-order valence-corrected chi connectivity index (χ0v) is 18.7. The van der Waals surface area contributed by atoms with Crippen molar-refractivity contribution >= 4 is 29.1 Å². The molecule has 30 heavy (non-hydrogen) atoms. The lowest BCUT2D eigenvalue weighted by molar-refractivity contribution is 0.179. The van der Waals surface area contributed by atoms with Crippen LogP contribution in [0.2, 0.25) is 5.02 Å². The van der Waals surface area contributed by atoms with Crippen LogP contribution in [0.1, 0.15) is 24.0 Å². The predicted octanol–water partition coefficient (Wildman–Crippen LogP) is 6.72. The smallest absolute Gasteiger partial charge is 0.0526 e. The second-order valence-electron chi connectivity index (χ2n) is 8.41. The minimum absolute atomic E-state index is 0.721. The molecular weight excluding hydrogens is 408 g/mol. The number of benzene rings is 3. The first kappa shape index (κ1) is 20.0. The maximum Gasteiger partial charge on any atom is 0.0526 e. The Balaban J connectivity index is 1.29. The van der Waals surface area contributed by atoms with E-state index >= 15 is 0 Å². The van der Waals surface area contributed by atoms with Crippen molar-refractivity contribution in [3.8, 4) is 0 Å². The highest BCUT2D eigenvalue weighted by Crippen LogP contribution is 2.43. The molecule has 2 aliphatic rings. The highest BCUT2D eigenvalue weighted by Gasteiger charge is 2.25. The van der Waals surface area contributed by atoms with Crippen molar-refractivity contribution in [2.75, 3.05) is 24.5 Å². The molecular formula is C26H27ClN2S. The molecule has 0 spiro atoms. The number of piperidine rings is 1. The van der Waals surface area contributed by atoms with Gasteiger partial charge < -0.3 is 4.90 Å². The summed E-state index contributed by atoms with van der Waals surface area (Å²) in [4.78, 5) is 7.84. The van der Waals surface area contributed by atoms with Gasteiger partial charge in [-0.05, 0) is 67.2 Å². The summed E-state index contributed by atoms with van der Waals surface area (Å²) in [5.41, 5.74) is 4.12. The van der Waals surface area contributed by atoms with Crippen molar-refractivity contribution in [2.45, 2.75) is 35.7 Å². The molecule has 154 valence electrons. The predicted molar refractivity (Wildman–Crippen MR) is 128 cm³/mol.